The Morgan fingerprint density at radius 2 is 1.43 bits per heavy atom. The first-order valence-corrected chi connectivity index (χ1v) is 15.6. The van der Waals surface area contributed by atoms with Crippen LogP contribution in [0, 0.1) is 0 Å². The number of halogens is 1. The predicted octanol–water partition coefficient (Wildman–Crippen LogP) is 8.23. The molecule has 0 aliphatic rings. The fourth-order valence-corrected chi connectivity index (χ4v) is 5.77. The lowest BCUT2D eigenvalue weighted by atomic mass is 10.1. The molecule has 0 saturated heterocycles. The van der Waals surface area contributed by atoms with Crippen molar-refractivity contribution in [3.63, 3.8) is 0 Å². The van der Waals surface area contributed by atoms with E-state index in [0.717, 1.165) is 16.0 Å². The number of anilines is 2. The van der Waals surface area contributed by atoms with Crippen molar-refractivity contribution in [1.82, 2.24) is 5.32 Å². The summed E-state index contributed by atoms with van der Waals surface area (Å²) in [5.74, 6) is -0.697. The third-order valence-electron chi connectivity index (χ3n) is 6.75. The second-order valence-corrected chi connectivity index (χ2v) is 11.6. The third-order valence-corrected chi connectivity index (χ3v) is 8.23. The quantitative estimate of drug-likeness (QED) is 0.0991. The minimum Gasteiger partial charge on any atom is -0.495 e. The van der Waals surface area contributed by atoms with Gasteiger partial charge in [0.1, 0.15) is 16.7 Å². The van der Waals surface area contributed by atoms with E-state index in [9.17, 15) is 14.4 Å². The van der Waals surface area contributed by atoms with Crippen LogP contribution in [0.15, 0.2) is 144 Å². The first kappa shape index (κ1) is 32.1. The molecule has 5 aromatic rings. The number of thioether (sulfide) groups is 1. The van der Waals surface area contributed by atoms with E-state index in [4.69, 9.17) is 16.3 Å². The number of hydrogen-bond donors (Lipinski definition) is 3. The van der Waals surface area contributed by atoms with Gasteiger partial charge in [0.15, 0.2) is 0 Å². The minimum absolute atomic E-state index is 0.0788. The van der Waals surface area contributed by atoms with Crippen LogP contribution >= 0.6 is 23.4 Å². The fraction of sp³-hybridized carbons (Fsp3) is 0.0541. The first-order valence-electron chi connectivity index (χ1n) is 14.3. The van der Waals surface area contributed by atoms with E-state index >= 15 is 0 Å². The van der Waals surface area contributed by atoms with Gasteiger partial charge in [-0.25, -0.2) is 0 Å². The SMILES string of the molecule is COc1ccc(Cl)cc1NC(=O)C(Sc1cccc(NC(=O)/C(=C/c2ccccc2)NC(=O)c2ccccc2)c1)c1ccccc1. The molecule has 3 N–H and O–H groups in total. The summed E-state index contributed by atoms with van der Waals surface area (Å²) in [6.07, 6.45) is 1.62. The molecule has 9 heteroatoms. The van der Waals surface area contributed by atoms with Gasteiger partial charge < -0.3 is 20.7 Å². The molecule has 7 nitrogen and oxygen atoms in total. The van der Waals surface area contributed by atoms with Crippen molar-refractivity contribution in [3.8, 4) is 5.75 Å². The topological polar surface area (TPSA) is 96.5 Å². The van der Waals surface area contributed by atoms with Gasteiger partial charge in [0, 0.05) is 21.2 Å². The monoisotopic (exact) mass is 647 g/mol. The fourth-order valence-electron chi connectivity index (χ4n) is 4.52. The summed E-state index contributed by atoms with van der Waals surface area (Å²) in [4.78, 5) is 41.0. The van der Waals surface area contributed by atoms with Crippen LogP contribution in [0.3, 0.4) is 0 Å². The van der Waals surface area contributed by atoms with Crippen LogP contribution in [0.4, 0.5) is 11.4 Å². The van der Waals surface area contributed by atoms with Gasteiger partial charge in [-0.2, -0.15) is 0 Å². The van der Waals surface area contributed by atoms with E-state index in [1.54, 1.807) is 66.7 Å². The minimum atomic E-state index is -0.644. The van der Waals surface area contributed by atoms with Gasteiger partial charge in [-0.15, -0.1) is 11.8 Å². The highest BCUT2D eigenvalue weighted by Gasteiger charge is 2.24. The Morgan fingerprint density at radius 3 is 2.13 bits per heavy atom. The molecular weight excluding hydrogens is 618 g/mol. The Kier molecular flexibility index (Phi) is 10.9. The van der Waals surface area contributed by atoms with Crippen molar-refractivity contribution in [2.45, 2.75) is 10.1 Å². The van der Waals surface area contributed by atoms with Gasteiger partial charge in [0.25, 0.3) is 11.8 Å². The van der Waals surface area contributed by atoms with E-state index < -0.39 is 17.1 Å². The van der Waals surface area contributed by atoms with Gasteiger partial charge in [0.05, 0.1) is 12.8 Å². The Balaban J connectivity index is 1.38. The summed E-state index contributed by atoms with van der Waals surface area (Å²) in [5, 5.41) is 8.42. The molecule has 5 rings (SSSR count). The number of methoxy groups -OCH3 is 1. The molecule has 0 aliphatic heterocycles. The Labute approximate surface area is 276 Å². The van der Waals surface area contributed by atoms with Crippen LogP contribution in [0.2, 0.25) is 5.02 Å². The van der Waals surface area contributed by atoms with Crippen LogP contribution in [-0.2, 0) is 9.59 Å². The van der Waals surface area contributed by atoms with Gasteiger partial charge in [0.2, 0.25) is 5.91 Å². The summed E-state index contributed by atoms with van der Waals surface area (Å²) >= 11 is 7.52. The van der Waals surface area contributed by atoms with Crippen molar-refractivity contribution in [3.05, 3.63) is 161 Å². The lowest BCUT2D eigenvalue weighted by Gasteiger charge is -2.19. The van der Waals surface area contributed by atoms with Crippen LogP contribution in [0.25, 0.3) is 6.08 Å². The molecule has 0 aliphatic carbocycles. The van der Waals surface area contributed by atoms with Crippen LogP contribution in [-0.4, -0.2) is 24.8 Å². The van der Waals surface area contributed by atoms with E-state index in [1.807, 2.05) is 72.8 Å². The predicted molar refractivity (Wildman–Crippen MR) is 185 cm³/mol. The molecule has 0 saturated carbocycles. The summed E-state index contributed by atoms with van der Waals surface area (Å²) in [6, 6.07) is 39.5. The van der Waals surface area contributed by atoms with E-state index in [-0.39, 0.29) is 11.6 Å². The van der Waals surface area contributed by atoms with Gasteiger partial charge in [-0.1, -0.05) is 96.5 Å². The number of hydrogen-bond acceptors (Lipinski definition) is 5. The summed E-state index contributed by atoms with van der Waals surface area (Å²) in [6.45, 7) is 0. The van der Waals surface area contributed by atoms with Crippen molar-refractivity contribution in [2.75, 3.05) is 17.7 Å². The Hall–Kier alpha value is -5.31. The number of carbonyl (C=O) groups is 3. The number of amides is 3. The van der Waals surface area contributed by atoms with E-state index in [1.165, 1.54) is 18.9 Å². The highest BCUT2D eigenvalue weighted by Crippen LogP contribution is 2.38. The molecule has 1 atom stereocenters. The molecule has 0 radical (unpaired) electrons. The van der Waals surface area contributed by atoms with Crippen LogP contribution in [0.5, 0.6) is 5.75 Å². The molecule has 0 spiro atoms. The van der Waals surface area contributed by atoms with Gasteiger partial charge >= 0.3 is 0 Å². The molecule has 0 bridgehead atoms. The molecule has 46 heavy (non-hydrogen) atoms. The molecule has 230 valence electrons. The number of rotatable bonds is 11. The third kappa shape index (κ3) is 8.65. The van der Waals surface area contributed by atoms with Crippen molar-refractivity contribution < 1.29 is 19.1 Å². The molecular formula is C37H30ClN3O4S. The largest absolute Gasteiger partial charge is 0.495 e. The maximum atomic E-state index is 13.7. The molecule has 0 aromatic heterocycles. The van der Waals surface area contributed by atoms with Crippen LogP contribution in [0.1, 0.15) is 26.7 Å². The summed E-state index contributed by atoms with van der Waals surface area (Å²) < 4.78 is 5.41. The first-order chi connectivity index (χ1) is 22.4. The maximum absolute atomic E-state index is 13.7. The number of carbonyl (C=O) groups excluding carboxylic acids is 3. The lowest BCUT2D eigenvalue weighted by molar-refractivity contribution is -0.116. The molecule has 0 fully saturated rings. The average Bonchev–Trinajstić information content (AvgIpc) is 3.08. The highest BCUT2D eigenvalue weighted by atomic mass is 35.5. The van der Waals surface area contributed by atoms with Crippen LogP contribution < -0.4 is 20.7 Å². The molecule has 5 aromatic carbocycles. The maximum Gasteiger partial charge on any atom is 0.272 e. The zero-order valence-electron chi connectivity index (χ0n) is 24.8. The lowest BCUT2D eigenvalue weighted by Crippen LogP contribution is -2.30. The molecule has 0 heterocycles. The van der Waals surface area contributed by atoms with Crippen molar-refractivity contribution >= 4 is 58.5 Å². The summed E-state index contributed by atoms with van der Waals surface area (Å²) in [7, 11) is 1.52. The number of nitrogens with one attached hydrogen (secondary N) is 3. The van der Waals surface area contributed by atoms with Crippen molar-refractivity contribution in [2.24, 2.45) is 0 Å². The number of ether oxygens (including phenoxy) is 1. The zero-order valence-corrected chi connectivity index (χ0v) is 26.3. The van der Waals surface area contributed by atoms with E-state index in [0.29, 0.717) is 27.7 Å². The average molecular weight is 648 g/mol. The highest BCUT2D eigenvalue weighted by molar-refractivity contribution is 8.00. The van der Waals surface area contributed by atoms with E-state index in [2.05, 4.69) is 16.0 Å². The molecule has 1 unspecified atom stereocenters. The standard InChI is InChI=1S/C37H30ClN3O4S/c1-45-33-21-20-28(38)23-31(33)40-37(44)34(26-14-7-3-8-15-26)46-30-19-11-18-29(24-30)39-36(43)32(22-25-12-5-2-6-13-25)41-35(42)27-16-9-4-10-17-27/h2-24,34H,1H3,(H,39,43)(H,40,44)(H,41,42)/b32-22-. The second-order valence-electron chi connectivity index (χ2n) is 10.0. The number of benzene rings is 5. The second kappa shape index (κ2) is 15.6. The Bertz CT molecular complexity index is 1850. The summed E-state index contributed by atoms with van der Waals surface area (Å²) in [5.41, 5.74) is 2.99. The molecule has 3 amide bonds. The smallest absolute Gasteiger partial charge is 0.272 e. The normalized spacial score (nSPS) is 11.7. The zero-order chi connectivity index (χ0) is 32.3. The van der Waals surface area contributed by atoms with Gasteiger partial charge in [-0.3, -0.25) is 14.4 Å². The Morgan fingerprint density at radius 1 is 0.761 bits per heavy atom. The van der Waals surface area contributed by atoms with Crippen molar-refractivity contribution in [1.29, 1.82) is 0 Å². The van der Waals surface area contributed by atoms with Gasteiger partial charge in [-0.05, 0) is 65.7 Å².